The molecule has 1 aromatic rings. The molecule has 3 N–H and O–H groups in total. The van der Waals surface area contributed by atoms with Gasteiger partial charge in [0.05, 0.1) is 6.04 Å². The van der Waals surface area contributed by atoms with Crippen molar-refractivity contribution in [3.05, 3.63) is 22.4 Å². The highest BCUT2D eigenvalue weighted by molar-refractivity contribution is 7.10. The van der Waals surface area contributed by atoms with Crippen molar-refractivity contribution < 1.29 is 0 Å². The first kappa shape index (κ1) is 13.0. The molecule has 0 bridgehead atoms. The number of rotatable bonds is 4. The Bertz CT molecular complexity index is 328. The molecule has 0 aromatic carbocycles. The lowest BCUT2D eigenvalue weighted by molar-refractivity contribution is 0.0577. The first-order valence-electron chi connectivity index (χ1n) is 6.38. The fraction of sp³-hybridized carbons (Fsp3) is 0.692. The van der Waals surface area contributed by atoms with Gasteiger partial charge in [-0.3, -0.25) is 11.3 Å². The van der Waals surface area contributed by atoms with Crippen LogP contribution in [0.15, 0.2) is 17.5 Å². The summed E-state index contributed by atoms with van der Waals surface area (Å²) in [4.78, 5) is 3.72. The number of hydrazine groups is 1. The van der Waals surface area contributed by atoms with Crippen LogP contribution in [0.4, 0.5) is 0 Å². The Hall–Kier alpha value is -0.420. The van der Waals surface area contributed by atoms with Crippen molar-refractivity contribution in [3.8, 4) is 0 Å². The number of hydrogen-bond donors (Lipinski definition) is 2. The summed E-state index contributed by atoms with van der Waals surface area (Å²) in [5.74, 6) is 5.85. The Kier molecular flexibility index (Phi) is 4.20. The normalized spacial score (nSPS) is 21.6. The molecule has 1 fully saturated rings. The van der Waals surface area contributed by atoms with E-state index in [0.29, 0.717) is 0 Å². The predicted molar refractivity (Wildman–Crippen MR) is 73.9 cm³/mol. The Balaban J connectivity index is 2.30. The average molecular weight is 253 g/mol. The Labute approximate surface area is 108 Å². The molecule has 0 spiro atoms. The minimum absolute atomic E-state index is 0.178. The summed E-state index contributed by atoms with van der Waals surface area (Å²) in [6.45, 7) is 0. The lowest BCUT2D eigenvalue weighted by Crippen LogP contribution is -2.56. The quantitative estimate of drug-likeness (QED) is 0.640. The minimum Gasteiger partial charge on any atom is -0.302 e. The van der Waals surface area contributed by atoms with Crippen LogP contribution in [0.5, 0.6) is 0 Å². The molecule has 3 nitrogen and oxygen atoms in total. The third kappa shape index (κ3) is 2.40. The van der Waals surface area contributed by atoms with Gasteiger partial charge in [0.15, 0.2) is 0 Å². The Morgan fingerprint density at radius 3 is 2.53 bits per heavy atom. The van der Waals surface area contributed by atoms with Crippen molar-refractivity contribution in [2.24, 2.45) is 5.84 Å². The number of nitrogens with two attached hydrogens (primary N) is 1. The van der Waals surface area contributed by atoms with Crippen molar-refractivity contribution in [2.75, 3.05) is 14.1 Å². The molecule has 1 aromatic heterocycles. The summed E-state index contributed by atoms with van der Waals surface area (Å²) in [5, 5.41) is 2.13. The van der Waals surface area contributed by atoms with E-state index >= 15 is 0 Å². The number of thiophene rings is 1. The molecule has 0 amide bonds. The SMILES string of the molecule is CN(C)C1(C(NN)c2cccs2)CCCCC1. The van der Waals surface area contributed by atoms with E-state index in [1.165, 1.54) is 37.0 Å². The summed E-state index contributed by atoms with van der Waals surface area (Å²) < 4.78 is 0. The molecule has 96 valence electrons. The first-order valence-corrected chi connectivity index (χ1v) is 7.25. The molecule has 1 aliphatic rings. The second-order valence-corrected chi connectivity index (χ2v) is 6.15. The third-order valence-electron chi connectivity index (χ3n) is 4.14. The van der Waals surface area contributed by atoms with Crippen molar-refractivity contribution in [3.63, 3.8) is 0 Å². The van der Waals surface area contributed by atoms with Crippen LogP contribution in [0.1, 0.15) is 43.0 Å². The monoisotopic (exact) mass is 253 g/mol. The molecule has 1 aliphatic carbocycles. The van der Waals surface area contributed by atoms with Gasteiger partial charge in [-0.25, -0.2) is 0 Å². The number of hydrogen-bond acceptors (Lipinski definition) is 4. The van der Waals surface area contributed by atoms with E-state index < -0.39 is 0 Å². The molecule has 17 heavy (non-hydrogen) atoms. The van der Waals surface area contributed by atoms with E-state index in [-0.39, 0.29) is 11.6 Å². The smallest absolute Gasteiger partial charge is 0.0736 e. The minimum atomic E-state index is 0.178. The fourth-order valence-electron chi connectivity index (χ4n) is 3.12. The van der Waals surface area contributed by atoms with E-state index in [1.54, 1.807) is 11.3 Å². The van der Waals surface area contributed by atoms with Gasteiger partial charge in [0.1, 0.15) is 0 Å². The van der Waals surface area contributed by atoms with Crippen LogP contribution < -0.4 is 11.3 Å². The van der Waals surface area contributed by atoms with Crippen LogP contribution in [0.25, 0.3) is 0 Å². The van der Waals surface area contributed by atoms with E-state index in [1.807, 2.05) is 0 Å². The van der Waals surface area contributed by atoms with Gasteiger partial charge < -0.3 is 4.90 Å². The maximum atomic E-state index is 5.85. The number of nitrogens with one attached hydrogen (secondary N) is 1. The highest BCUT2D eigenvalue weighted by Gasteiger charge is 2.42. The molecule has 4 heteroatoms. The van der Waals surface area contributed by atoms with Crippen LogP contribution in [0, 0.1) is 0 Å². The van der Waals surface area contributed by atoms with E-state index in [4.69, 9.17) is 5.84 Å². The Morgan fingerprint density at radius 1 is 1.35 bits per heavy atom. The van der Waals surface area contributed by atoms with Gasteiger partial charge in [-0.05, 0) is 38.4 Å². The topological polar surface area (TPSA) is 41.3 Å². The van der Waals surface area contributed by atoms with Crippen molar-refractivity contribution in [1.29, 1.82) is 0 Å². The summed E-state index contributed by atoms with van der Waals surface area (Å²) >= 11 is 1.80. The fourth-order valence-corrected chi connectivity index (χ4v) is 4.01. The summed E-state index contributed by atoms with van der Waals surface area (Å²) in [6.07, 6.45) is 6.43. The zero-order chi connectivity index (χ0) is 12.3. The molecule has 0 aliphatic heterocycles. The first-order chi connectivity index (χ1) is 8.20. The molecule has 1 heterocycles. The predicted octanol–water partition coefficient (Wildman–Crippen LogP) is 2.52. The second kappa shape index (κ2) is 5.48. The van der Waals surface area contributed by atoms with Crippen molar-refractivity contribution >= 4 is 11.3 Å². The average Bonchev–Trinajstić information content (AvgIpc) is 2.84. The van der Waals surface area contributed by atoms with Crippen LogP contribution in [0.3, 0.4) is 0 Å². The lowest BCUT2D eigenvalue weighted by atomic mass is 9.75. The summed E-state index contributed by atoms with van der Waals surface area (Å²) in [7, 11) is 4.37. The van der Waals surface area contributed by atoms with Crippen molar-refractivity contribution in [1.82, 2.24) is 10.3 Å². The lowest BCUT2D eigenvalue weighted by Gasteiger charge is -2.48. The molecular weight excluding hydrogens is 230 g/mol. The maximum absolute atomic E-state index is 5.85. The summed E-state index contributed by atoms with van der Waals surface area (Å²) in [5.41, 5.74) is 3.24. The van der Waals surface area contributed by atoms with Gasteiger partial charge in [0.2, 0.25) is 0 Å². The summed E-state index contributed by atoms with van der Waals surface area (Å²) in [6, 6.07) is 4.55. The molecular formula is C13H23N3S. The van der Waals surface area contributed by atoms with Gasteiger partial charge in [-0.1, -0.05) is 25.3 Å². The van der Waals surface area contributed by atoms with Gasteiger partial charge >= 0.3 is 0 Å². The van der Waals surface area contributed by atoms with Crippen LogP contribution in [-0.2, 0) is 0 Å². The molecule has 1 atom stereocenters. The second-order valence-electron chi connectivity index (χ2n) is 5.17. The highest BCUT2D eigenvalue weighted by Crippen LogP contribution is 2.42. The van der Waals surface area contributed by atoms with E-state index in [0.717, 1.165) is 0 Å². The van der Waals surface area contributed by atoms with Crippen molar-refractivity contribution in [2.45, 2.75) is 43.7 Å². The standard InChI is InChI=1S/C13H23N3S/c1-16(2)13(8-4-3-5-9-13)12(15-14)11-7-6-10-17-11/h6-7,10,12,15H,3-5,8-9,14H2,1-2H3. The number of nitrogens with zero attached hydrogens (tertiary/aromatic N) is 1. The molecule has 1 unspecified atom stereocenters. The molecule has 0 radical (unpaired) electrons. The van der Waals surface area contributed by atoms with E-state index in [9.17, 15) is 0 Å². The van der Waals surface area contributed by atoms with Gasteiger partial charge in [-0.15, -0.1) is 11.3 Å². The largest absolute Gasteiger partial charge is 0.302 e. The van der Waals surface area contributed by atoms with Gasteiger partial charge in [-0.2, -0.15) is 0 Å². The maximum Gasteiger partial charge on any atom is 0.0736 e. The zero-order valence-corrected chi connectivity index (χ0v) is 11.6. The Morgan fingerprint density at radius 2 is 2.06 bits per heavy atom. The molecule has 0 saturated heterocycles. The van der Waals surface area contributed by atoms with Gasteiger partial charge in [0.25, 0.3) is 0 Å². The molecule has 1 saturated carbocycles. The molecule has 2 rings (SSSR count). The van der Waals surface area contributed by atoms with Crippen LogP contribution in [0.2, 0.25) is 0 Å². The van der Waals surface area contributed by atoms with Crippen LogP contribution >= 0.6 is 11.3 Å². The van der Waals surface area contributed by atoms with E-state index in [2.05, 4.69) is 41.9 Å². The zero-order valence-electron chi connectivity index (χ0n) is 10.8. The van der Waals surface area contributed by atoms with Gasteiger partial charge in [0, 0.05) is 10.4 Å². The highest BCUT2D eigenvalue weighted by atomic mass is 32.1. The number of likely N-dealkylation sites (N-methyl/N-ethyl adjacent to an activating group) is 1. The third-order valence-corrected chi connectivity index (χ3v) is 5.08. The van der Waals surface area contributed by atoms with Crippen LogP contribution in [-0.4, -0.2) is 24.5 Å².